The summed E-state index contributed by atoms with van der Waals surface area (Å²) in [4.78, 5) is 0. The zero-order chi connectivity index (χ0) is 32.5. The number of rotatable bonds is 12. The Bertz CT molecular complexity index is 1290. The van der Waals surface area contributed by atoms with Crippen molar-refractivity contribution < 1.29 is 0 Å². The zero-order valence-electron chi connectivity index (χ0n) is 30.1. The van der Waals surface area contributed by atoms with Crippen LogP contribution in [0.25, 0.3) is 0 Å². The van der Waals surface area contributed by atoms with Crippen LogP contribution in [0.2, 0.25) is 78.6 Å². The van der Waals surface area contributed by atoms with E-state index in [1.165, 1.54) is 24.2 Å². The Morgan fingerprint density at radius 3 is 0.932 bits per heavy atom. The number of benzene rings is 3. The molecule has 3 aromatic carbocycles. The molecule has 6 heteroatoms. The summed E-state index contributed by atoms with van der Waals surface area (Å²) in [6.45, 7) is 30.5. The molecule has 0 spiro atoms. The number of hydrogen-bond acceptors (Lipinski definition) is 0. The Labute approximate surface area is 288 Å². The Morgan fingerprint density at radius 1 is 0.409 bits per heavy atom. The molecule has 0 nitrogen and oxygen atoms in total. The van der Waals surface area contributed by atoms with Crippen molar-refractivity contribution in [3.8, 4) is 0 Å². The summed E-state index contributed by atoms with van der Waals surface area (Å²) < 4.78 is 4.60. The highest BCUT2D eigenvalue weighted by Gasteiger charge is 2.30. The molecular weight excluding hydrogens is 623 g/mol. The first-order valence-electron chi connectivity index (χ1n) is 17.0. The van der Waals surface area contributed by atoms with Crippen LogP contribution in [0.4, 0.5) is 0 Å². The third-order valence-electron chi connectivity index (χ3n) is 8.39. The van der Waals surface area contributed by atoms with Crippen molar-refractivity contribution in [2.45, 2.75) is 112 Å². The second-order valence-corrected chi connectivity index (χ2v) is 43.5. The molecule has 232 valence electrons. The summed E-state index contributed by atoms with van der Waals surface area (Å²) in [6, 6.07) is 29.4. The van der Waals surface area contributed by atoms with Crippen LogP contribution in [-0.2, 0) is 24.2 Å². The predicted molar refractivity (Wildman–Crippen MR) is 213 cm³/mol. The van der Waals surface area contributed by atoms with E-state index in [9.17, 15) is 0 Å². The average Bonchev–Trinajstić information content (AvgIpc) is 2.85. The molecule has 0 saturated carbocycles. The molecule has 0 fully saturated rings. The van der Waals surface area contributed by atoms with E-state index >= 15 is 0 Å². The number of hydrogen-bond donors (Lipinski definition) is 0. The fraction of sp³-hybridized carbons (Fsp3) is 0.474. The summed E-state index contributed by atoms with van der Waals surface area (Å²) in [5.74, 6) is 0. The van der Waals surface area contributed by atoms with E-state index in [-0.39, 0.29) is 30.4 Å². The quantitative estimate of drug-likeness (QED) is 0.132. The lowest BCUT2D eigenvalue weighted by Gasteiger charge is -2.31. The van der Waals surface area contributed by atoms with Gasteiger partial charge in [0.05, 0.1) is 0 Å². The van der Waals surface area contributed by atoms with Crippen molar-refractivity contribution in [1.82, 2.24) is 0 Å². The van der Waals surface area contributed by atoms with Crippen LogP contribution in [0.15, 0.2) is 72.8 Å². The summed E-state index contributed by atoms with van der Waals surface area (Å²) in [5, 5.41) is 0. The number of allylic oxidation sites excluding steroid dienone is 2. The molecule has 0 heterocycles. The first-order valence-corrected chi connectivity index (χ1v) is 34.3. The highest BCUT2D eigenvalue weighted by molar-refractivity contribution is 6.77. The van der Waals surface area contributed by atoms with Crippen molar-refractivity contribution in [3.63, 3.8) is 0 Å². The van der Waals surface area contributed by atoms with Gasteiger partial charge in [-0.1, -0.05) is 185 Å². The van der Waals surface area contributed by atoms with Gasteiger partial charge in [-0.15, -0.1) is 8.85 Å². The second-order valence-electron chi connectivity index (χ2n) is 18.3. The molecule has 0 N–H and O–H groups in total. The van der Waals surface area contributed by atoms with Gasteiger partial charge < -0.3 is 0 Å². The second kappa shape index (κ2) is 14.2. The first-order chi connectivity index (χ1) is 20.3. The summed E-state index contributed by atoms with van der Waals surface area (Å²) in [6.07, 6.45) is 5.33. The molecule has 0 aliphatic heterocycles. The third kappa shape index (κ3) is 10.7. The third-order valence-corrected chi connectivity index (χ3v) is 18.2. The van der Waals surface area contributed by atoms with E-state index in [0.29, 0.717) is 9.56 Å². The molecule has 2 unspecified atom stereocenters. The Kier molecular flexibility index (Phi) is 11.7. The van der Waals surface area contributed by atoms with Crippen molar-refractivity contribution in [1.29, 1.82) is 0 Å². The van der Waals surface area contributed by atoms with Gasteiger partial charge in [-0.3, -0.25) is 0 Å². The largest absolute Gasteiger partial charge is 0.269 e. The minimum absolute atomic E-state index is 0.134. The highest BCUT2D eigenvalue weighted by Crippen LogP contribution is 2.34. The molecule has 0 aromatic heterocycles. The SMILES string of the molecule is C[Si](C)(C)Cc1cccc(C[Si](C)(C)C)[c]1[Al][CH]1C=C[CH]([Al][c]2c(C[Si](C)(C)C)cccc2C[Si](C)(C)C)c2ccccc21. The molecule has 2 atom stereocenters. The average molecular weight is 681 g/mol. The molecule has 1 aliphatic rings. The van der Waals surface area contributed by atoms with Gasteiger partial charge in [0, 0.05) is 32.3 Å². The smallest absolute Gasteiger partial charge is 0.117 e. The van der Waals surface area contributed by atoms with Gasteiger partial charge in [0.1, 0.15) is 0 Å². The molecule has 0 saturated heterocycles. The van der Waals surface area contributed by atoms with Gasteiger partial charge in [-0.2, -0.15) is 0 Å². The molecule has 0 amide bonds. The van der Waals surface area contributed by atoms with Crippen molar-refractivity contribution in [3.05, 3.63) is 106 Å². The lowest BCUT2D eigenvalue weighted by molar-refractivity contribution is 1.02. The summed E-state index contributed by atoms with van der Waals surface area (Å²) in [7, 11) is -4.93. The van der Waals surface area contributed by atoms with Crippen molar-refractivity contribution >= 4 is 71.6 Å². The Hall–Kier alpha value is -0.668. The van der Waals surface area contributed by atoms with E-state index < -0.39 is 32.3 Å². The molecule has 0 bridgehead atoms. The summed E-state index contributed by atoms with van der Waals surface area (Å²) in [5.41, 5.74) is 9.93. The van der Waals surface area contributed by atoms with E-state index in [1.807, 2.05) is 0 Å². The van der Waals surface area contributed by atoms with Crippen molar-refractivity contribution in [2.24, 2.45) is 0 Å². The molecule has 1 aliphatic carbocycles. The lowest BCUT2D eigenvalue weighted by Crippen LogP contribution is -2.38. The fourth-order valence-corrected chi connectivity index (χ4v) is 17.3. The van der Waals surface area contributed by atoms with Gasteiger partial charge in [0.2, 0.25) is 0 Å². The Morgan fingerprint density at radius 2 is 0.682 bits per heavy atom. The van der Waals surface area contributed by atoms with Gasteiger partial charge in [-0.05, 0) is 33.7 Å². The fourth-order valence-electron chi connectivity index (χ4n) is 6.88. The molecule has 3 aromatic rings. The van der Waals surface area contributed by atoms with Crippen molar-refractivity contribution in [2.75, 3.05) is 0 Å². The molecule has 4 rings (SSSR count). The van der Waals surface area contributed by atoms with Gasteiger partial charge in [0.15, 0.2) is 0 Å². The minimum Gasteiger partial charge on any atom is -0.117 e. The summed E-state index contributed by atoms with van der Waals surface area (Å²) >= 11 is 0.267. The monoisotopic (exact) mass is 680 g/mol. The topological polar surface area (TPSA) is 0 Å². The van der Waals surface area contributed by atoms with Crippen LogP contribution in [0.3, 0.4) is 0 Å². The van der Waals surface area contributed by atoms with Gasteiger partial charge in [-0.25, -0.2) is 0 Å². The lowest BCUT2D eigenvalue weighted by atomic mass is 9.96. The molecule has 2 radical (unpaired) electrons. The van der Waals surface area contributed by atoms with Crippen LogP contribution in [-0.4, -0.2) is 62.7 Å². The van der Waals surface area contributed by atoms with E-state index in [4.69, 9.17) is 0 Å². The van der Waals surface area contributed by atoms with Gasteiger partial charge in [0.25, 0.3) is 30.4 Å². The maximum Gasteiger partial charge on any atom is 0.269 e. The van der Waals surface area contributed by atoms with Gasteiger partial charge >= 0.3 is 0 Å². The normalized spacial score (nSPS) is 17.4. The van der Waals surface area contributed by atoms with E-state index in [0.717, 1.165) is 0 Å². The number of fused-ring (bicyclic) bond motifs is 1. The zero-order valence-corrected chi connectivity index (χ0v) is 36.4. The molecule has 44 heavy (non-hydrogen) atoms. The standard InChI is InChI=1S/2C14H25Si2.C10H8.2Al/c2*1-15(2,3)11-13-8-7-9-14(10-13)12-16(4,5)6;1-2-6-10-8-4-3-7-9(10)5-1;;/h2*7-9H,11-12H2,1-6H3;1-8H;;. The Balaban J connectivity index is 1.74. The van der Waals surface area contributed by atoms with Crippen LogP contribution >= 0.6 is 0 Å². The van der Waals surface area contributed by atoms with E-state index in [2.05, 4.69) is 151 Å². The minimum atomic E-state index is -1.23. The van der Waals surface area contributed by atoms with Crippen LogP contribution < -0.4 is 8.85 Å². The van der Waals surface area contributed by atoms with Crippen LogP contribution in [0, 0.1) is 0 Å². The highest BCUT2D eigenvalue weighted by atomic mass is 28.3. The molecular formula is C38H58Al2Si4. The maximum atomic E-state index is 2.66. The predicted octanol–water partition coefficient (Wildman–Crippen LogP) is 9.08. The van der Waals surface area contributed by atoms with Crippen LogP contribution in [0.5, 0.6) is 0 Å². The van der Waals surface area contributed by atoms with E-state index in [1.54, 1.807) is 42.2 Å². The first kappa shape index (κ1) is 36.2. The maximum absolute atomic E-state index is 2.66. The van der Waals surface area contributed by atoms with Crippen LogP contribution in [0.1, 0.15) is 42.9 Å².